The van der Waals surface area contributed by atoms with Crippen LogP contribution in [0.2, 0.25) is 0 Å². The second-order valence-electron chi connectivity index (χ2n) is 5.71. The Kier molecular flexibility index (Phi) is 7.11. The van der Waals surface area contributed by atoms with Crippen LogP contribution in [0.5, 0.6) is 0 Å². The molecule has 5 nitrogen and oxygen atoms in total. The van der Waals surface area contributed by atoms with Gasteiger partial charge in [0.15, 0.2) is 0 Å². The fraction of sp³-hybridized carbons (Fsp3) is 0.471. The molecule has 0 saturated carbocycles. The molecule has 130 valence electrons. The molecule has 1 aromatic heterocycles. The zero-order valence-corrected chi connectivity index (χ0v) is 14.9. The van der Waals surface area contributed by atoms with Gasteiger partial charge in [0.05, 0.1) is 6.54 Å². The molecule has 0 radical (unpaired) electrons. The maximum atomic E-state index is 12.9. The lowest BCUT2D eigenvalue weighted by Crippen LogP contribution is -2.35. The van der Waals surface area contributed by atoms with E-state index in [0.717, 1.165) is 24.8 Å². The maximum Gasteiger partial charge on any atom is 0.239 e. The second kappa shape index (κ2) is 9.32. The molecule has 2 rings (SSSR count). The van der Waals surface area contributed by atoms with Crippen LogP contribution in [-0.2, 0) is 11.2 Å². The predicted octanol–water partition coefficient (Wildman–Crippen LogP) is 3.01. The molecule has 0 unspecified atom stereocenters. The van der Waals surface area contributed by atoms with Crippen molar-refractivity contribution in [3.05, 3.63) is 41.5 Å². The molecule has 2 aromatic rings. The summed E-state index contributed by atoms with van der Waals surface area (Å²) in [5, 5.41) is 3.61. The average Bonchev–Trinajstić information content (AvgIpc) is 3.02. The monoisotopic (exact) mass is 350 g/mol. The minimum absolute atomic E-state index is 0.0103. The number of amides is 1. The number of rotatable bonds is 9. The zero-order chi connectivity index (χ0) is 17.4. The third kappa shape index (κ3) is 5.88. The van der Waals surface area contributed by atoms with Gasteiger partial charge >= 0.3 is 0 Å². The highest BCUT2D eigenvalue weighted by molar-refractivity contribution is 7.09. The third-order valence-electron chi connectivity index (χ3n) is 3.54. The standard InChI is InChI=1S/C17H23FN4OS/c1-3-4-5-10-19-16(23)12-22(2)17-20-15(21-24-17)11-13-6-8-14(18)9-7-13/h6-9H,3-5,10-12H2,1-2H3,(H,19,23). The number of carbonyl (C=O) groups is 1. The van der Waals surface area contributed by atoms with Gasteiger partial charge < -0.3 is 10.2 Å². The Balaban J connectivity index is 1.83. The van der Waals surface area contributed by atoms with E-state index in [4.69, 9.17) is 0 Å². The molecule has 0 fully saturated rings. The van der Waals surface area contributed by atoms with Gasteiger partial charge in [-0.15, -0.1) is 0 Å². The maximum absolute atomic E-state index is 12.9. The summed E-state index contributed by atoms with van der Waals surface area (Å²) in [7, 11) is 1.83. The van der Waals surface area contributed by atoms with Crippen molar-refractivity contribution < 1.29 is 9.18 Å². The summed E-state index contributed by atoms with van der Waals surface area (Å²) in [6.45, 7) is 3.11. The topological polar surface area (TPSA) is 58.1 Å². The van der Waals surface area contributed by atoms with E-state index >= 15 is 0 Å². The Bertz CT molecular complexity index is 644. The van der Waals surface area contributed by atoms with Crippen LogP contribution in [0.4, 0.5) is 9.52 Å². The van der Waals surface area contributed by atoms with Crippen molar-refractivity contribution in [1.82, 2.24) is 14.7 Å². The Morgan fingerprint density at radius 3 is 2.75 bits per heavy atom. The van der Waals surface area contributed by atoms with Crippen LogP contribution in [-0.4, -0.2) is 35.4 Å². The molecule has 1 aromatic carbocycles. The zero-order valence-electron chi connectivity index (χ0n) is 14.1. The van der Waals surface area contributed by atoms with Gasteiger partial charge in [0.1, 0.15) is 11.6 Å². The average molecular weight is 350 g/mol. The number of benzene rings is 1. The first-order valence-electron chi connectivity index (χ1n) is 8.13. The van der Waals surface area contributed by atoms with Gasteiger partial charge in [-0.1, -0.05) is 31.9 Å². The van der Waals surface area contributed by atoms with E-state index < -0.39 is 0 Å². The van der Waals surface area contributed by atoms with E-state index in [1.807, 2.05) is 7.05 Å². The van der Waals surface area contributed by atoms with Gasteiger partial charge in [0.2, 0.25) is 11.0 Å². The quantitative estimate of drug-likeness (QED) is 0.706. The first kappa shape index (κ1) is 18.3. The largest absolute Gasteiger partial charge is 0.355 e. The number of hydrogen-bond donors (Lipinski definition) is 1. The van der Waals surface area contributed by atoms with Crippen LogP contribution in [0.1, 0.15) is 37.6 Å². The molecule has 1 amide bonds. The van der Waals surface area contributed by atoms with Crippen molar-refractivity contribution in [3.8, 4) is 0 Å². The molecule has 0 atom stereocenters. The van der Waals surface area contributed by atoms with E-state index in [0.29, 0.717) is 23.9 Å². The van der Waals surface area contributed by atoms with Crippen molar-refractivity contribution in [2.75, 3.05) is 25.0 Å². The molecule has 24 heavy (non-hydrogen) atoms. The number of nitrogens with zero attached hydrogens (tertiary/aromatic N) is 3. The van der Waals surface area contributed by atoms with Gasteiger partial charge in [0.25, 0.3) is 0 Å². The van der Waals surface area contributed by atoms with Gasteiger partial charge in [0, 0.05) is 31.5 Å². The summed E-state index contributed by atoms with van der Waals surface area (Å²) in [5.41, 5.74) is 0.956. The number of halogens is 1. The van der Waals surface area contributed by atoms with Crippen molar-refractivity contribution in [1.29, 1.82) is 0 Å². The fourth-order valence-corrected chi connectivity index (χ4v) is 2.84. The Morgan fingerprint density at radius 2 is 2.04 bits per heavy atom. The molecule has 0 aliphatic rings. The lowest BCUT2D eigenvalue weighted by atomic mass is 10.1. The Hall–Kier alpha value is -2.02. The van der Waals surface area contributed by atoms with E-state index in [1.165, 1.54) is 23.7 Å². The molecule has 0 aliphatic carbocycles. The summed E-state index contributed by atoms with van der Waals surface area (Å²) >= 11 is 1.26. The fourth-order valence-electron chi connectivity index (χ4n) is 2.20. The third-order valence-corrected chi connectivity index (χ3v) is 4.41. The molecule has 1 heterocycles. The SMILES string of the molecule is CCCCCNC(=O)CN(C)c1nc(Cc2ccc(F)cc2)ns1. The first-order chi connectivity index (χ1) is 11.6. The molecular weight excluding hydrogens is 327 g/mol. The van der Waals surface area contributed by atoms with Crippen molar-refractivity contribution in [2.45, 2.75) is 32.6 Å². The van der Waals surface area contributed by atoms with Crippen LogP contribution in [0, 0.1) is 5.82 Å². The first-order valence-corrected chi connectivity index (χ1v) is 8.90. The van der Waals surface area contributed by atoms with Gasteiger partial charge in [-0.2, -0.15) is 4.37 Å². The summed E-state index contributed by atoms with van der Waals surface area (Å²) in [5.74, 6) is 0.413. The van der Waals surface area contributed by atoms with Crippen LogP contribution in [0.3, 0.4) is 0 Å². The lowest BCUT2D eigenvalue weighted by Gasteiger charge is -2.14. The highest BCUT2D eigenvalue weighted by Gasteiger charge is 2.12. The number of unbranched alkanes of at least 4 members (excludes halogenated alkanes) is 2. The van der Waals surface area contributed by atoms with Gasteiger partial charge in [-0.05, 0) is 24.1 Å². The lowest BCUT2D eigenvalue weighted by molar-refractivity contribution is -0.119. The second-order valence-corrected chi connectivity index (χ2v) is 6.44. The smallest absolute Gasteiger partial charge is 0.239 e. The van der Waals surface area contributed by atoms with E-state index in [1.54, 1.807) is 17.0 Å². The minimum atomic E-state index is -0.254. The molecule has 0 spiro atoms. The number of likely N-dealkylation sites (N-methyl/N-ethyl adjacent to an activating group) is 1. The number of anilines is 1. The molecule has 0 saturated heterocycles. The highest BCUT2D eigenvalue weighted by atomic mass is 32.1. The minimum Gasteiger partial charge on any atom is -0.355 e. The Labute approximate surface area is 146 Å². The normalized spacial score (nSPS) is 10.6. The molecule has 0 bridgehead atoms. The van der Waals surface area contributed by atoms with Crippen molar-refractivity contribution in [3.63, 3.8) is 0 Å². The van der Waals surface area contributed by atoms with Crippen molar-refractivity contribution >= 4 is 22.6 Å². The summed E-state index contributed by atoms with van der Waals surface area (Å²) < 4.78 is 17.2. The van der Waals surface area contributed by atoms with E-state index in [2.05, 4.69) is 21.6 Å². The molecule has 1 N–H and O–H groups in total. The molecule has 7 heteroatoms. The van der Waals surface area contributed by atoms with Gasteiger partial charge in [-0.25, -0.2) is 9.37 Å². The summed E-state index contributed by atoms with van der Waals surface area (Å²) in [6, 6.07) is 6.31. The van der Waals surface area contributed by atoms with E-state index in [9.17, 15) is 9.18 Å². The molecule has 0 aliphatic heterocycles. The van der Waals surface area contributed by atoms with Gasteiger partial charge in [-0.3, -0.25) is 4.79 Å². The highest BCUT2D eigenvalue weighted by Crippen LogP contribution is 2.17. The van der Waals surface area contributed by atoms with Crippen LogP contribution >= 0.6 is 11.5 Å². The van der Waals surface area contributed by atoms with Crippen LogP contribution in [0.15, 0.2) is 24.3 Å². The Morgan fingerprint density at radius 1 is 1.29 bits per heavy atom. The predicted molar refractivity (Wildman–Crippen MR) is 94.9 cm³/mol. The molecular formula is C17H23FN4OS. The summed E-state index contributed by atoms with van der Waals surface area (Å²) in [4.78, 5) is 18.1. The number of hydrogen-bond acceptors (Lipinski definition) is 5. The number of nitrogens with one attached hydrogen (secondary N) is 1. The van der Waals surface area contributed by atoms with Crippen molar-refractivity contribution in [2.24, 2.45) is 0 Å². The van der Waals surface area contributed by atoms with Crippen LogP contribution in [0.25, 0.3) is 0 Å². The van der Waals surface area contributed by atoms with Crippen LogP contribution < -0.4 is 10.2 Å². The number of aromatic nitrogens is 2. The number of carbonyl (C=O) groups excluding carboxylic acids is 1. The van der Waals surface area contributed by atoms with E-state index in [-0.39, 0.29) is 18.3 Å². The summed E-state index contributed by atoms with van der Waals surface area (Å²) in [6.07, 6.45) is 3.82.